The first-order chi connectivity index (χ1) is 25.4. The van der Waals surface area contributed by atoms with Crippen molar-refractivity contribution in [1.29, 1.82) is 0 Å². The fraction of sp³-hybridized carbons (Fsp3) is 0.316. The summed E-state index contributed by atoms with van der Waals surface area (Å²) in [5.74, 6) is -4.04. The van der Waals surface area contributed by atoms with Gasteiger partial charge in [0.2, 0.25) is 0 Å². The first-order valence-corrected chi connectivity index (χ1v) is 17.2. The molecular weight excluding hydrogens is 741 g/mol. The topological polar surface area (TPSA) is 112 Å². The highest BCUT2D eigenvalue weighted by molar-refractivity contribution is 6.35. The van der Waals surface area contributed by atoms with Crippen molar-refractivity contribution in [2.75, 3.05) is 0 Å². The summed E-state index contributed by atoms with van der Waals surface area (Å²) in [6.45, 7) is 2.01. The Hall–Kier alpha value is -5.20. The number of aromatic nitrogens is 6. The number of pyridine rings is 1. The highest BCUT2D eigenvalue weighted by Gasteiger charge is 2.68. The third kappa shape index (κ3) is 6.30. The average Bonchev–Trinajstić information content (AvgIpc) is 3.34. The van der Waals surface area contributed by atoms with Crippen LogP contribution in [0, 0.1) is 29.4 Å². The zero-order valence-corrected chi connectivity index (χ0v) is 29.1. The highest BCUT2D eigenvalue weighted by atomic mass is 35.5. The maximum Gasteiger partial charge on any atom is 0.435 e. The number of nitrogens with one attached hydrogen (secondary N) is 2. The van der Waals surface area contributed by atoms with E-state index in [4.69, 9.17) is 16.6 Å². The number of carbonyl (C=O) groups is 1. The van der Waals surface area contributed by atoms with Crippen LogP contribution < -0.4 is 0 Å². The summed E-state index contributed by atoms with van der Waals surface area (Å²) in [5, 5.41) is 21.7. The number of alkyl halides is 5. The Kier molecular flexibility index (Phi) is 8.24. The molecule has 278 valence electrons. The number of fused-ring (bicyclic) bond motifs is 6. The number of aliphatic hydroxyl groups is 1. The van der Waals surface area contributed by atoms with Gasteiger partial charge in [0, 0.05) is 46.4 Å². The number of para-hydroxylation sites is 1. The van der Waals surface area contributed by atoms with Crippen LogP contribution in [0.15, 0.2) is 48.5 Å². The van der Waals surface area contributed by atoms with Gasteiger partial charge in [0.1, 0.15) is 51.4 Å². The van der Waals surface area contributed by atoms with E-state index in [-0.39, 0.29) is 34.9 Å². The lowest BCUT2D eigenvalue weighted by atomic mass is 9.86. The van der Waals surface area contributed by atoms with Gasteiger partial charge in [-0.3, -0.25) is 14.6 Å². The van der Waals surface area contributed by atoms with E-state index in [2.05, 4.69) is 32.1 Å². The summed E-state index contributed by atoms with van der Waals surface area (Å²) < 4.78 is 102. The van der Waals surface area contributed by atoms with E-state index in [1.807, 2.05) is 0 Å². The molecule has 8 nitrogen and oxygen atoms in total. The SMILES string of the molecule is CC(C)(O)C#Cc1ccc(-c2cccc3c2[nH]c2c(Cl)[nH]nc23)c([C@@H](CC(=O)Cn2nc(C(F)(F)F)c3c2C(F)(F)[C@@H]2C[C@H]32)Cc2cc(F)cc(F)c2)n1. The Morgan fingerprint density at radius 2 is 1.83 bits per heavy atom. The minimum absolute atomic E-state index is 0.110. The molecule has 3 N–H and O–H groups in total. The summed E-state index contributed by atoms with van der Waals surface area (Å²) >= 11 is 6.33. The maximum absolute atomic E-state index is 15.4. The van der Waals surface area contributed by atoms with Crippen LogP contribution in [0.5, 0.6) is 0 Å². The lowest BCUT2D eigenvalue weighted by Gasteiger charge is -2.21. The molecule has 16 heteroatoms. The molecule has 2 aliphatic carbocycles. The molecule has 4 aromatic heterocycles. The van der Waals surface area contributed by atoms with Crippen molar-refractivity contribution >= 4 is 39.3 Å². The first-order valence-electron chi connectivity index (χ1n) is 16.8. The third-order valence-electron chi connectivity index (χ3n) is 9.79. The van der Waals surface area contributed by atoms with E-state index in [0.29, 0.717) is 43.8 Å². The second-order valence-electron chi connectivity index (χ2n) is 14.3. The molecule has 2 aliphatic rings. The molecule has 0 unspecified atom stereocenters. The number of ketones is 1. The lowest BCUT2D eigenvalue weighted by Crippen LogP contribution is -2.24. The summed E-state index contributed by atoms with van der Waals surface area (Å²) in [4.78, 5) is 22.0. The molecule has 0 saturated heterocycles. The van der Waals surface area contributed by atoms with Crippen LogP contribution in [0.3, 0.4) is 0 Å². The molecular formula is C38H28ClF7N6O2. The van der Waals surface area contributed by atoms with Gasteiger partial charge in [0.25, 0.3) is 5.92 Å². The van der Waals surface area contributed by atoms with Crippen LogP contribution in [0.1, 0.15) is 72.4 Å². The number of carbonyl (C=O) groups excluding carboxylic acids is 1. The Labute approximate surface area is 306 Å². The van der Waals surface area contributed by atoms with E-state index < -0.39 is 82.8 Å². The van der Waals surface area contributed by atoms with E-state index in [1.54, 1.807) is 30.3 Å². The quantitative estimate of drug-likeness (QED) is 0.106. The Bertz CT molecular complexity index is 2550. The number of nitrogens with zero attached hydrogens (tertiary/aromatic N) is 4. The maximum atomic E-state index is 15.4. The van der Waals surface area contributed by atoms with Crippen LogP contribution in [0.2, 0.25) is 5.15 Å². The van der Waals surface area contributed by atoms with Gasteiger partial charge in [0.05, 0.1) is 11.2 Å². The molecule has 0 spiro atoms. The first kappa shape index (κ1) is 35.8. The van der Waals surface area contributed by atoms with Crippen molar-refractivity contribution in [3.8, 4) is 23.0 Å². The molecule has 0 radical (unpaired) electrons. The average molecular weight is 769 g/mol. The number of halogens is 8. The number of Topliss-reactive ketones (excluding diaryl/α,β-unsaturated/α-hetero) is 1. The second-order valence-corrected chi connectivity index (χ2v) is 14.7. The van der Waals surface area contributed by atoms with Crippen LogP contribution in [-0.2, 0) is 29.9 Å². The minimum atomic E-state index is -5.02. The number of benzene rings is 2. The van der Waals surface area contributed by atoms with Gasteiger partial charge in [-0.1, -0.05) is 35.7 Å². The number of hydrogen-bond acceptors (Lipinski definition) is 5. The van der Waals surface area contributed by atoms with Gasteiger partial charge < -0.3 is 10.1 Å². The summed E-state index contributed by atoms with van der Waals surface area (Å²) in [7, 11) is 0. The van der Waals surface area contributed by atoms with Crippen LogP contribution in [0.25, 0.3) is 33.1 Å². The van der Waals surface area contributed by atoms with E-state index in [0.717, 1.165) is 12.1 Å². The molecule has 4 heterocycles. The van der Waals surface area contributed by atoms with Crippen LogP contribution >= 0.6 is 11.6 Å². The molecule has 6 aromatic rings. The van der Waals surface area contributed by atoms with Crippen LogP contribution in [0.4, 0.5) is 30.7 Å². The van der Waals surface area contributed by atoms with Crippen molar-refractivity contribution in [2.24, 2.45) is 5.92 Å². The van der Waals surface area contributed by atoms with E-state index in [1.165, 1.54) is 13.8 Å². The van der Waals surface area contributed by atoms with E-state index >= 15 is 8.78 Å². The molecule has 3 atom stereocenters. The largest absolute Gasteiger partial charge is 0.435 e. The predicted octanol–water partition coefficient (Wildman–Crippen LogP) is 8.57. The number of H-pyrrole nitrogens is 2. The van der Waals surface area contributed by atoms with Crippen LogP contribution in [-0.4, -0.2) is 46.4 Å². The molecule has 1 saturated carbocycles. The monoisotopic (exact) mass is 768 g/mol. The standard InChI is InChI=1S/C38H28ClF7N6O2/c1-36(2,54)9-8-21-6-7-24(23-4-3-5-25-30(23)48-32-31(25)49-50-35(32)39)29(47-21)18(10-17-11-19(40)14-20(41)12-17)13-22(53)16-52-34-28(33(51-52)38(44,45)46)26-15-27(26)37(34,42)43/h3-7,11-12,14,18,26-27,48,54H,10,13,15-16H2,1-2H3,(H,49,50)/t18-,26+,27-/m1/s1. The fourth-order valence-corrected chi connectivity index (χ4v) is 7.72. The number of hydrogen-bond donors (Lipinski definition) is 3. The molecule has 0 amide bonds. The highest BCUT2D eigenvalue weighted by Crippen LogP contribution is 2.68. The van der Waals surface area contributed by atoms with Gasteiger partial charge >= 0.3 is 6.18 Å². The zero-order valence-electron chi connectivity index (χ0n) is 28.3. The molecule has 0 bridgehead atoms. The van der Waals surface area contributed by atoms with Gasteiger partial charge in [-0.05, 0) is 68.4 Å². The molecule has 1 fully saturated rings. The number of aromatic amines is 2. The summed E-state index contributed by atoms with van der Waals surface area (Å²) in [6, 6.07) is 11.4. The predicted molar refractivity (Wildman–Crippen MR) is 184 cm³/mol. The second kappa shape index (κ2) is 12.4. The summed E-state index contributed by atoms with van der Waals surface area (Å²) in [6.07, 6.45) is -5.85. The van der Waals surface area contributed by atoms with Crippen molar-refractivity contribution < 1.29 is 40.6 Å². The molecule has 54 heavy (non-hydrogen) atoms. The fourth-order valence-electron chi connectivity index (χ4n) is 7.54. The Balaban J connectivity index is 1.26. The van der Waals surface area contributed by atoms with Crippen molar-refractivity contribution in [3.05, 3.63) is 99.2 Å². The van der Waals surface area contributed by atoms with Gasteiger partial charge in [-0.2, -0.15) is 32.1 Å². The third-order valence-corrected chi connectivity index (χ3v) is 10.1. The van der Waals surface area contributed by atoms with Gasteiger partial charge in [-0.25, -0.2) is 13.8 Å². The lowest BCUT2D eigenvalue weighted by molar-refractivity contribution is -0.142. The Morgan fingerprint density at radius 1 is 1.09 bits per heavy atom. The van der Waals surface area contributed by atoms with Crippen molar-refractivity contribution in [3.63, 3.8) is 0 Å². The van der Waals surface area contributed by atoms with Gasteiger partial charge in [0.15, 0.2) is 11.5 Å². The van der Waals surface area contributed by atoms with E-state index in [9.17, 15) is 31.9 Å². The molecule has 0 aliphatic heterocycles. The Morgan fingerprint density at radius 3 is 2.54 bits per heavy atom. The number of rotatable bonds is 8. The van der Waals surface area contributed by atoms with Crippen molar-refractivity contribution in [1.82, 2.24) is 29.9 Å². The van der Waals surface area contributed by atoms with Crippen molar-refractivity contribution in [2.45, 2.75) is 69.2 Å². The minimum Gasteiger partial charge on any atom is -0.378 e. The normalized spacial score (nSPS) is 18.1. The van der Waals surface area contributed by atoms with Gasteiger partial charge in [-0.15, -0.1) is 0 Å². The zero-order chi connectivity index (χ0) is 38.5. The molecule has 2 aromatic carbocycles. The molecule has 8 rings (SSSR count). The smallest absolute Gasteiger partial charge is 0.378 e. The summed E-state index contributed by atoms with van der Waals surface area (Å²) in [5.41, 5.74) is -1.21.